The molecule has 0 radical (unpaired) electrons. The Balaban J connectivity index is 2.49. The molecule has 1 aromatic heterocycles. The average Bonchev–Trinajstić information content (AvgIpc) is 3.01. The number of halogens is 1. The quantitative estimate of drug-likeness (QED) is 0.345. The normalized spacial score (nSPS) is 12.2. The van der Waals surface area contributed by atoms with Crippen LogP contribution in [0.4, 0.5) is 4.39 Å². The first-order chi connectivity index (χ1) is 11.2. The Kier molecular flexibility index (Phi) is 7.87. The van der Waals surface area contributed by atoms with Crippen LogP contribution >= 0.6 is 11.3 Å². The van der Waals surface area contributed by atoms with Crippen molar-refractivity contribution in [2.24, 2.45) is 0 Å². The van der Waals surface area contributed by atoms with Crippen molar-refractivity contribution in [1.29, 1.82) is 0 Å². The number of fused-ring (bicyclic) bond motifs is 1. The number of unbranched alkanes of at least 4 members (excludes halogenated alkanes) is 3. The molecule has 0 spiro atoms. The standard InChI is InChI=1S/C8H4FS.3C4H9.Sn/c9-7-3-1-2-6-4-5-10-8(6)7;3*1-3-4-2;/h1-3,5H;3*1,3-4H2,2H3;. The summed E-state index contributed by atoms with van der Waals surface area (Å²) in [6.07, 6.45) is 7.93. The summed E-state index contributed by atoms with van der Waals surface area (Å²) in [6, 6.07) is 5.70. The van der Waals surface area contributed by atoms with Gasteiger partial charge in [-0.1, -0.05) is 0 Å². The molecular formula is C20H31FSSn. The molecule has 0 fully saturated rings. The number of hydrogen-bond acceptors (Lipinski definition) is 1. The molecule has 23 heavy (non-hydrogen) atoms. The molecule has 0 atom stereocenters. The van der Waals surface area contributed by atoms with E-state index in [4.69, 9.17) is 0 Å². The molecule has 1 aromatic carbocycles. The third-order valence-corrected chi connectivity index (χ3v) is 22.4. The van der Waals surface area contributed by atoms with Crippen molar-refractivity contribution in [2.45, 2.75) is 72.6 Å². The Morgan fingerprint density at radius 3 is 2.00 bits per heavy atom. The molecule has 2 rings (SSSR count). The van der Waals surface area contributed by atoms with Crippen LogP contribution in [0, 0.1) is 5.82 Å². The summed E-state index contributed by atoms with van der Waals surface area (Å²) in [5.41, 5.74) is 0. The topological polar surface area (TPSA) is 0 Å². The Morgan fingerprint density at radius 2 is 1.48 bits per heavy atom. The third-order valence-electron chi connectivity index (χ3n) is 5.15. The minimum absolute atomic E-state index is 0.0274. The minimum atomic E-state index is -2.43. The second-order valence-electron chi connectivity index (χ2n) is 6.86. The fourth-order valence-corrected chi connectivity index (χ4v) is 23.3. The molecule has 3 heteroatoms. The summed E-state index contributed by atoms with van der Waals surface area (Å²) in [4.78, 5) is 0. The van der Waals surface area contributed by atoms with Crippen molar-refractivity contribution in [3.8, 4) is 0 Å². The zero-order valence-corrected chi connectivity index (χ0v) is 18.6. The molecule has 0 saturated carbocycles. The molecule has 0 aliphatic rings. The van der Waals surface area contributed by atoms with E-state index in [1.807, 2.05) is 6.07 Å². The number of hydrogen-bond donors (Lipinski definition) is 0. The fourth-order valence-electron chi connectivity index (χ4n) is 3.76. The molecule has 128 valence electrons. The van der Waals surface area contributed by atoms with E-state index < -0.39 is 18.4 Å². The van der Waals surface area contributed by atoms with Crippen molar-refractivity contribution in [3.05, 3.63) is 29.4 Å². The van der Waals surface area contributed by atoms with Crippen LogP contribution in [0.3, 0.4) is 0 Å². The zero-order chi connectivity index (χ0) is 16.7. The van der Waals surface area contributed by atoms with Gasteiger partial charge in [0.05, 0.1) is 0 Å². The van der Waals surface area contributed by atoms with Crippen LogP contribution in [0.5, 0.6) is 0 Å². The van der Waals surface area contributed by atoms with E-state index in [1.165, 1.54) is 57.2 Å². The molecule has 0 unspecified atom stereocenters. The first kappa shape index (κ1) is 19.2. The summed E-state index contributed by atoms with van der Waals surface area (Å²) in [6.45, 7) is 6.92. The van der Waals surface area contributed by atoms with Gasteiger partial charge in [-0.3, -0.25) is 0 Å². The van der Waals surface area contributed by atoms with Crippen molar-refractivity contribution < 1.29 is 4.39 Å². The van der Waals surface area contributed by atoms with Gasteiger partial charge < -0.3 is 0 Å². The Labute approximate surface area is 149 Å². The third kappa shape index (κ3) is 4.50. The van der Waals surface area contributed by atoms with E-state index in [0.717, 1.165) is 4.70 Å². The zero-order valence-electron chi connectivity index (χ0n) is 15.0. The van der Waals surface area contributed by atoms with Gasteiger partial charge in [-0.15, -0.1) is 0 Å². The van der Waals surface area contributed by atoms with E-state index in [0.29, 0.717) is 0 Å². The van der Waals surface area contributed by atoms with Gasteiger partial charge >= 0.3 is 150 Å². The van der Waals surface area contributed by atoms with Crippen LogP contribution in [0.15, 0.2) is 23.6 Å². The summed E-state index contributed by atoms with van der Waals surface area (Å²) in [5.74, 6) is -0.0274. The molecule has 0 aliphatic heterocycles. The molecule has 2 aromatic rings. The first-order valence-corrected chi connectivity index (χ1v) is 17.7. The number of thiophene rings is 1. The Hall–Kier alpha value is -0.0913. The van der Waals surface area contributed by atoms with E-state index in [-0.39, 0.29) is 5.82 Å². The first-order valence-electron chi connectivity index (χ1n) is 9.34. The van der Waals surface area contributed by atoms with Gasteiger partial charge in [-0.25, -0.2) is 0 Å². The number of rotatable bonds is 10. The van der Waals surface area contributed by atoms with Gasteiger partial charge in [0.15, 0.2) is 0 Å². The molecule has 0 saturated heterocycles. The molecule has 0 nitrogen and oxygen atoms in total. The van der Waals surface area contributed by atoms with Gasteiger partial charge in [0, 0.05) is 0 Å². The van der Waals surface area contributed by atoms with E-state index in [2.05, 4.69) is 32.2 Å². The molecule has 0 amide bonds. The van der Waals surface area contributed by atoms with Crippen LogP contribution in [0.2, 0.25) is 13.3 Å². The number of benzene rings is 1. The van der Waals surface area contributed by atoms with Crippen LogP contribution in [0.25, 0.3) is 10.1 Å². The molecular weight excluding hydrogens is 410 g/mol. The van der Waals surface area contributed by atoms with E-state index >= 15 is 0 Å². The predicted octanol–water partition coefficient (Wildman–Crippen LogP) is 7.10. The maximum atomic E-state index is 14.2. The van der Waals surface area contributed by atoms with Crippen molar-refractivity contribution in [3.63, 3.8) is 0 Å². The van der Waals surface area contributed by atoms with E-state index in [1.54, 1.807) is 21.0 Å². The van der Waals surface area contributed by atoms with Crippen LogP contribution in [-0.2, 0) is 0 Å². The Morgan fingerprint density at radius 1 is 0.913 bits per heavy atom. The van der Waals surface area contributed by atoms with Crippen LogP contribution in [0.1, 0.15) is 59.3 Å². The average molecular weight is 441 g/mol. The van der Waals surface area contributed by atoms with Crippen molar-refractivity contribution in [1.82, 2.24) is 0 Å². The van der Waals surface area contributed by atoms with Gasteiger partial charge in [0.1, 0.15) is 0 Å². The predicted molar refractivity (Wildman–Crippen MR) is 106 cm³/mol. The maximum absolute atomic E-state index is 14.2. The van der Waals surface area contributed by atoms with Gasteiger partial charge in [0.2, 0.25) is 0 Å². The molecule has 0 bridgehead atoms. The summed E-state index contributed by atoms with van der Waals surface area (Å²) in [7, 11) is 0. The molecule has 0 N–H and O–H groups in total. The summed E-state index contributed by atoms with van der Waals surface area (Å²) in [5, 5.41) is 3.61. The fraction of sp³-hybridized carbons (Fsp3) is 0.600. The van der Waals surface area contributed by atoms with Crippen molar-refractivity contribution in [2.75, 3.05) is 0 Å². The monoisotopic (exact) mass is 442 g/mol. The molecule has 1 heterocycles. The Bertz CT molecular complexity index is 583. The van der Waals surface area contributed by atoms with Crippen LogP contribution in [-0.4, -0.2) is 18.4 Å². The van der Waals surface area contributed by atoms with E-state index in [9.17, 15) is 4.39 Å². The second kappa shape index (κ2) is 9.41. The van der Waals surface area contributed by atoms with Crippen molar-refractivity contribution >= 4 is 43.4 Å². The second-order valence-corrected chi connectivity index (χ2v) is 20.9. The SMILES string of the molecule is CCC[CH2][Sn]([CH2]CCC)([CH2]CCC)[c]1csc2c(F)cccc12. The molecule has 0 aliphatic carbocycles. The summed E-state index contributed by atoms with van der Waals surface area (Å²) >= 11 is -0.787. The van der Waals surface area contributed by atoms with Gasteiger partial charge in [-0.05, 0) is 0 Å². The summed E-state index contributed by atoms with van der Waals surface area (Å²) < 4.78 is 21.1. The van der Waals surface area contributed by atoms with Gasteiger partial charge in [0.25, 0.3) is 0 Å². The van der Waals surface area contributed by atoms with Crippen LogP contribution < -0.4 is 3.58 Å². The van der Waals surface area contributed by atoms with Gasteiger partial charge in [-0.2, -0.15) is 0 Å².